The summed E-state index contributed by atoms with van der Waals surface area (Å²) in [5, 5.41) is 55.2. The second kappa shape index (κ2) is 23.5. The summed E-state index contributed by atoms with van der Waals surface area (Å²) < 4.78 is 0. The van der Waals surface area contributed by atoms with Crippen molar-refractivity contribution in [1.82, 2.24) is 31.5 Å². The summed E-state index contributed by atoms with van der Waals surface area (Å²) in [4.78, 5) is 132. The Morgan fingerprint density at radius 1 is 0.759 bits per heavy atom. The summed E-state index contributed by atoms with van der Waals surface area (Å²) in [6.07, 6.45) is -1.21. The third-order valence-corrected chi connectivity index (χ3v) is 9.13. The standard InChI is InChI=1S/C29H43N7O16S2/c30-13(23(43)32-15(8-22(41)42)24(44)33-16(11-53)27(48)49)10-31-19(37)4-2-1-3-7-36-20(38)9-18(25(36)45)54-12-17(28(50)51)35-29(52)34-14(26(46)47)5-6-21(39)40/h13-18,53H,1-12,30H2,(H,31,37)(H,32,43)(H,33,44)(H,39,40)(H,41,42)(H,46,47)(H,48,49)(H,50,51)(H2,34,35,52)/t13-,14-,15-,16-,17-,18?/m0/s1. The summed E-state index contributed by atoms with van der Waals surface area (Å²) >= 11 is 4.58. The van der Waals surface area contributed by atoms with Gasteiger partial charge in [-0.15, -0.1) is 11.8 Å². The number of likely N-dealkylation sites (tertiary alicyclic amines) is 1. The first kappa shape index (κ1) is 46.9. The fourth-order valence-electron chi connectivity index (χ4n) is 4.55. The van der Waals surface area contributed by atoms with Gasteiger partial charge in [-0.3, -0.25) is 38.5 Å². The molecule has 54 heavy (non-hydrogen) atoms. The molecule has 1 unspecified atom stereocenters. The Hall–Kier alpha value is -5.17. The maximum absolute atomic E-state index is 12.8. The van der Waals surface area contributed by atoms with Crippen molar-refractivity contribution in [1.29, 1.82) is 0 Å². The molecule has 6 atom stereocenters. The Morgan fingerprint density at radius 3 is 1.91 bits per heavy atom. The number of rotatable bonds is 26. The highest BCUT2D eigenvalue weighted by molar-refractivity contribution is 8.00. The van der Waals surface area contributed by atoms with Crippen LogP contribution in [0.4, 0.5) is 4.79 Å². The van der Waals surface area contributed by atoms with Crippen molar-refractivity contribution in [3.8, 4) is 0 Å². The number of nitrogens with one attached hydrogen (secondary N) is 5. The maximum atomic E-state index is 12.8. The lowest BCUT2D eigenvalue weighted by Crippen LogP contribution is -2.57. The first-order chi connectivity index (χ1) is 25.3. The first-order valence-corrected chi connectivity index (χ1v) is 17.8. The van der Waals surface area contributed by atoms with Crippen LogP contribution in [-0.4, -0.2) is 156 Å². The number of urea groups is 1. The van der Waals surface area contributed by atoms with E-state index in [1.165, 1.54) is 0 Å². The molecule has 0 saturated carbocycles. The number of thiol groups is 1. The van der Waals surface area contributed by atoms with E-state index >= 15 is 0 Å². The van der Waals surface area contributed by atoms with Gasteiger partial charge in [0.15, 0.2) is 0 Å². The van der Waals surface area contributed by atoms with Crippen molar-refractivity contribution in [3.63, 3.8) is 0 Å². The molecule has 1 fully saturated rings. The fraction of sp³-hybridized carbons (Fsp3) is 0.621. The summed E-state index contributed by atoms with van der Waals surface area (Å²) in [5.74, 6) is -11.6. The quantitative estimate of drug-likeness (QED) is 0.0228. The van der Waals surface area contributed by atoms with E-state index in [2.05, 4.69) is 33.9 Å². The Labute approximate surface area is 316 Å². The zero-order chi connectivity index (χ0) is 41.1. The smallest absolute Gasteiger partial charge is 0.327 e. The van der Waals surface area contributed by atoms with Crippen LogP contribution in [0.2, 0.25) is 0 Å². The molecular weight excluding hydrogens is 766 g/mol. The zero-order valence-electron chi connectivity index (χ0n) is 28.6. The minimum atomic E-state index is -1.67. The zero-order valence-corrected chi connectivity index (χ0v) is 30.3. The largest absolute Gasteiger partial charge is 0.481 e. The van der Waals surface area contributed by atoms with Crippen LogP contribution in [-0.2, 0) is 47.9 Å². The van der Waals surface area contributed by atoms with Gasteiger partial charge in [0.05, 0.1) is 11.7 Å². The van der Waals surface area contributed by atoms with E-state index in [9.17, 15) is 57.8 Å². The van der Waals surface area contributed by atoms with Crippen molar-refractivity contribution in [2.24, 2.45) is 5.73 Å². The Kier molecular flexibility index (Phi) is 20.4. The minimum absolute atomic E-state index is 0.00359. The number of nitrogens with zero attached hydrogens (tertiary/aromatic N) is 1. The molecule has 0 aromatic rings. The van der Waals surface area contributed by atoms with E-state index in [0.717, 1.165) is 16.7 Å². The third kappa shape index (κ3) is 17.1. The average molecular weight is 810 g/mol. The number of carboxylic acid groups (broad SMARTS) is 5. The maximum Gasteiger partial charge on any atom is 0.327 e. The van der Waals surface area contributed by atoms with Crippen molar-refractivity contribution < 1.29 is 78.3 Å². The van der Waals surface area contributed by atoms with Gasteiger partial charge in [-0.1, -0.05) is 6.42 Å². The molecule has 25 heteroatoms. The number of carboxylic acids is 5. The SMILES string of the molecule is N[C@@H](CNC(=O)CCCCCN1C(=O)CC(SC[C@H](NC(=O)N[C@@H](CCC(=O)O)C(=O)O)C(=O)O)C1=O)C(=O)N[C@@H](CC(=O)O)C(=O)N[C@@H](CS)C(=O)O. The summed E-state index contributed by atoms with van der Waals surface area (Å²) in [6.45, 7) is -0.390. The van der Waals surface area contributed by atoms with Crippen molar-refractivity contribution >= 4 is 89.8 Å². The number of hydrogen-bond acceptors (Lipinski definition) is 14. The highest BCUT2D eigenvalue weighted by Crippen LogP contribution is 2.26. The van der Waals surface area contributed by atoms with Crippen LogP contribution in [0.1, 0.15) is 51.4 Å². The molecule has 1 rings (SSSR count). The van der Waals surface area contributed by atoms with Gasteiger partial charge in [-0.25, -0.2) is 19.2 Å². The van der Waals surface area contributed by atoms with Gasteiger partial charge in [0, 0.05) is 43.9 Å². The molecule has 12 N–H and O–H groups in total. The van der Waals surface area contributed by atoms with Crippen molar-refractivity contribution in [2.75, 3.05) is 24.6 Å². The summed E-state index contributed by atoms with van der Waals surface area (Å²) in [7, 11) is 0. The average Bonchev–Trinajstić information content (AvgIpc) is 3.35. The number of hydrogen-bond donors (Lipinski definition) is 12. The number of imide groups is 1. The van der Waals surface area contributed by atoms with Crippen LogP contribution in [0, 0.1) is 0 Å². The predicted octanol–water partition coefficient (Wildman–Crippen LogP) is -3.62. The van der Waals surface area contributed by atoms with Gasteiger partial charge < -0.3 is 57.9 Å². The number of nitrogens with two attached hydrogens (primary N) is 1. The molecule has 0 radical (unpaired) electrons. The topological polar surface area (TPSA) is 378 Å². The molecule has 1 heterocycles. The number of carbonyl (C=O) groups is 11. The van der Waals surface area contributed by atoms with Crippen molar-refractivity contribution in [2.45, 2.75) is 86.8 Å². The van der Waals surface area contributed by atoms with Gasteiger partial charge in [0.1, 0.15) is 30.2 Å². The van der Waals surface area contributed by atoms with Crippen LogP contribution in [0.25, 0.3) is 0 Å². The van der Waals surface area contributed by atoms with Gasteiger partial charge in [0.25, 0.3) is 0 Å². The molecule has 0 aromatic heterocycles. The van der Waals surface area contributed by atoms with E-state index in [0.29, 0.717) is 19.3 Å². The van der Waals surface area contributed by atoms with E-state index in [-0.39, 0.29) is 30.9 Å². The molecule has 302 valence electrons. The lowest BCUT2D eigenvalue weighted by Gasteiger charge is -2.21. The summed E-state index contributed by atoms with van der Waals surface area (Å²) in [6, 6.07) is -8.91. The number of amides is 7. The molecular formula is C29H43N7O16S2. The minimum Gasteiger partial charge on any atom is -0.481 e. The molecule has 7 amide bonds. The fourth-order valence-corrected chi connectivity index (χ4v) is 5.97. The highest BCUT2D eigenvalue weighted by Gasteiger charge is 2.39. The lowest BCUT2D eigenvalue weighted by atomic mass is 10.1. The molecule has 0 aromatic carbocycles. The molecule has 1 aliphatic rings. The van der Waals surface area contributed by atoms with Gasteiger partial charge in [-0.05, 0) is 19.3 Å². The van der Waals surface area contributed by atoms with E-state index in [4.69, 9.17) is 26.2 Å². The highest BCUT2D eigenvalue weighted by atomic mass is 32.2. The Morgan fingerprint density at radius 2 is 1.35 bits per heavy atom. The van der Waals surface area contributed by atoms with E-state index in [1.54, 1.807) is 0 Å². The lowest BCUT2D eigenvalue weighted by molar-refractivity contribution is -0.143. The van der Waals surface area contributed by atoms with Gasteiger partial charge in [-0.2, -0.15) is 12.6 Å². The number of carbonyl (C=O) groups excluding carboxylic acids is 6. The summed E-state index contributed by atoms with van der Waals surface area (Å²) in [5.41, 5.74) is 5.75. The second-order valence-corrected chi connectivity index (χ2v) is 13.3. The molecule has 0 aliphatic carbocycles. The molecule has 23 nitrogen and oxygen atoms in total. The predicted molar refractivity (Wildman–Crippen MR) is 186 cm³/mol. The molecule has 1 aliphatic heterocycles. The number of thioether (sulfide) groups is 1. The monoisotopic (exact) mass is 809 g/mol. The normalized spacial score (nSPS) is 16.6. The third-order valence-electron chi connectivity index (χ3n) is 7.47. The molecule has 0 bridgehead atoms. The van der Waals surface area contributed by atoms with Crippen molar-refractivity contribution in [3.05, 3.63) is 0 Å². The number of unbranched alkanes of at least 4 members (excludes halogenated alkanes) is 2. The van der Waals surface area contributed by atoms with Crippen LogP contribution in [0.3, 0.4) is 0 Å². The van der Waals surface area contributed by atoms with Crippen LogP contribution < -0.4 is 32.3 Å². The van der Waals surface area contributed by atoms with Crippen LogP contribution >= 0.6 is 24.4 Å². The van der Waals surface area contributed by atoms with E-state index < -0.39 is 127 Å². The van der Waals surface area contributed by atoms with Gasteiger partial charge in [0.2, 0.25) is 29.5 Å². The number of aliphatic carboxylic acids is 5. The van der Waals surface area contributed by atoms with Crippen LogP contribution in [0.5, 0.6) is 0 Å². The van der Waals surface area contributed by atoms with Crippen LogP contribution in [0.15, 0.2) is 0 Å². The molecule has 0 spiro atoms. The second-order valence-electron chi connectivity index (χ2n) is 11.7. The molecule has 1 saturated heterocycles. The van der Waals surface area contributed by atoms with E-state index in [1.807, 2.05) is 5.32 Å². The Bertz CT molecular complexity index is 1450. The van der Waals surface area contributed by atoms with Gasteiger partial charge >= 0.3 is 35.9 Å². The Balaban J connectivity index is 2.50. The first-order valence-electron chi connectivity index (χ1n) is 16.2.